The summed E-state index contributed by atoms with van der Waals surface area (Å²) in [5.41, 5.74) is 1.65. The van der Waals surface area contributed by atoms with Gasteiger partial charge in [-0.2, -0.15) is 0 Å². The first-order valence-electron chi connectivity index (χ1n) is 8.29. The average Bonchev–Trinajstić information content (AvgIpc) is 2.60. The molecule has 0 saturated heterocycles. The predicted molar refractivity (Wildman–Crippen MR) is 93.8 cm³/mol. The molecule has 0 heterocycles. The van der Waals surface area contributed by atoms with Crippen LogP contribution in [-0.2, 0) is 4.74 Å². The Labute approximate surface area is 143 Å². The zero-order valence-corrected chi connectivity index (χ0v) is 14.3. The summed E-state index contributed by atoms with van der Waals surface area (Å²) in [5, 5.41) is 0. The van der Waals surface area contributed by atoms with Gasteiger partial charge in [-0.25, -0.2) is 4.79 Å². The van der Waals surface area contributed by atoms with Gasteiger partial charge in [0.25, 0.3) is 0 Å². The van der Waals surface area contributed by atoms with Crippen LogP contribution in [0, 0.1) is 6.92 Å². The highest BCUT2D eigenvalue weighted by Crippen LogP contribution is 2.17. The van der Waals surface area contributed by atoms with E-state index in [1.54, 1.807) is 25.1 Å². The van der Waals surface area contributed by atoms with Gasteiger partial charge in [-0.1, -0.05) is 24.3 Å². The van der Waals surface area contributed by atoms with Gasteiger partial charge >= 0.3 is 5.97 Å². The first-order chi connectivity index (χ1) is 11.7. The fraction of sp³-hybridized carbons (Fsp3) is 0.350. The van der Waals surface area contributed by atoms with E-state index in [0.717, 1.165) is 24.2 Å². The Morgan fingerprint density at radius 1 is 0.958 bits per heavy atom. The Balaban J connectivity index is 1.68. The molecular weight excluding hydrogens is 304 g/mol. The highest BCUT2D eigenvalue weighted by atomic mass is 16.5. The van der Waals surface area contributed by atoms with Crippen molar-refractivity contribution in [3.05, 3.63) is 59.7 Å². The summed E-state index contributed by atoms with van der Waals surface area (Å²) in [7, 11) is 0. The molecule has 2 aromatic rings. The zero-order chi connectivity index (χ0) is 17.2. The predicted octanol–water partition coefficient (Wildman–Crippen LogP) is 4.41. The number of unbranched alkanes of at least 4 members (excludes halogenated alkanes) is 1. The Bertz CT molecular complexity index is 652. The number of aryl methyl sites for hydroxylation is 1. The van der Waals surface area contributed by atoms with Gasteiger partial charge in [-0.05, 0) is 56.5 Å². The molecule has 2 rings (SSSR count). The second-order valence-electron chi connectivity index (χ2n) is 5.42. The van der Waals surface area contributed by atoms with Crippen LogP contribution in [0.15, 0.2) is 48.5 Å². The standard InChI is InChI=1S/C20H24O4/c1-3-22-20(21)17-10-8-11-18(15-17)23-13-6-7-14-24-19-12-5-4-9-16(19)2/h4-5,8-12,15H,3,6-7,13-14H2,1-2H3. The van der Waals surface area contributed by atoms with Crippen molar-refractivity contribution in [2.45, 2.75) is 26.7 Å². The number of carbonyl (C=O) groups excluding carboxylic acids is 1. The van der Waals surface area contributed by atoms with E-state index in [4.69, 9.17) is 14.2 Å². The minimum Gasteiger partial charge on any atom is -0.494 e. The molecular formula is C20H24O4. The van der Waals surface area contributed by atoms with E-state index < -0.39 is 0 Å². The Hall–Kier alpha value is -2.49. The van der Waals surface area contributed by atoms with Crippen LogP contribution in [-0.4, -0.2) is 25.8 Å². The maximum absolute atomic E-state index is 11.7. The zero-order valence-electron chi connectivity index (χ0n) is 14.3. The van der Waals surface area contributed by atoms with Crippen molar-refractivity contribution in [2.75, 3.05) is 19.8 Å². The molecule has 0 spiro atoms. The van der Waals surface area contributed by atoms with E-state index in [2.05, 4.69) is 0 Å². The van der Waals surface area contributed by atoms with Crippen molar-refractivity contribution in [2.24, 2.45) is 0 Å². The molecule has 0 aliphatic carbocycles. The molecule has 0 amide bonds. The summed E-state index contributed by atoms with van der Waals surface area (Å²) in [5.74, 6) is 1.29. The lowest BCUT2D eigenvalue weighted by Crippen LogP contribution is -2.06. The van der Waals surface area contributed by atoms with Gasteiger partial charge in [0.1, 0.15) is 11.5 Å². The number of hydrogen-bond donors (Lipinski definition) is 0. The first kappa shape index (κ1) is 17.9. The number of carbonyl (C=O) groups is 1. The topological polar surface area (TPSA) is 44.8 Å². The molecule has 0 bridgehead atoms. The highest BCUT2D eigenvalue weighted by Gasteiger charge is 2.07. The van der Waals surface area contributed by atoms with E-state index in [1.807, 2.05) is 37.3 Å². The summed E-state index contributed by atoms with van der Waals surface area (Å²) in [4.78, 5) is 11.7. The van der Waals surface area contributed by atoms with E-state index >= 15 is 0 Å². The van der Waals surface area contributed by atoms with E-state index in [1.165, 1.54) is 0 Å². The summed E-state index contributed by atoms with van der Waals surface area (Å²) in [6.45, 7) is 5.44. The SMILES string of the molecule is CCOC(=O)c1cccc(OCCCCOc2ccccc2C)c1. The quantitative estimate of drug-likeness (QED) is 0.505. The Morgan fingerprint density at radius 3 is 2.46 bits per heavy atom. The summed E-state index contributed by atoms with van der Waals surface area (Å²) < 4.78 is 16.4. The van der Waals surface area contributed by atoms with Crippen molar-refractivity contribution in [1.82, 2.24) is 0 Å². The number of rotatable bonds is 9. The van der Waals surface area contributed by atoms with E-state index in [0.29, 0.717) is 31.1 Å². The summed E-state index contributed by atoms with van der Waals surface area (Å²) in [6, 6.07) is 15.1. The van der Waals surface area contributed by atoms with Crippen molar-refractivity contribution in [1.29, 1.82) is 0 Å². The van der Waals surface area contributed by atoms with Crippen molar-refractivity contribution >= 4 is 5.97 Å². The Morgan fingerprint density at radius 2 is 1.71 bits per heavy atom. The molecule has 0 aromatic heterocycles. The molecule has 4 nitrogen and oxygen atoms in total. The monoisotopic (exact) mass is 328 g/mol. The van der Waals surface area contributed by atoms with Crippen molar-refractivity contribution in [3.8, 4) is 11.5 Å². The second kappa shape index (κ2) is 9.60. The lowest BCUT2D eigenvalue weighted by molar-refractivity contribution is 0.0526. The largest absolute Gasteiger partial charge is 0.494 e. The molecule has 0 fully saturated rings. The smallest absolute Gasteiger partial charge is 0.338 e. The maximum atomic E-state index is 11.7. The minimum atomic E-state index is -0.324. The van der Waals surface area contributed by atoms with E-state index in [9.17, 15) is 4.79 Å². The minimum absolute atomic E-state index is 0.324. The molecule has 0 aliphatic heterocycles. The molecule has 128 valence electrons. The van der Waals surface area contributed by atoms with Gasteiger partial charge in [-0.15, -0.1) is 0 Å². The molecule has 0 unspecified atom stereocenters. The van der Waals surface area contributed by atoms with Crippen molar-refractivity contribution < 1.29 is 19.0 Å². The van der Waals surface area contributed by atoms with Crippen LogP contribution in [0.3, 0.4) is 0 Å². The first-order valence-corrected chi connectivity index (χ1v) is 8.29. The summed E-state index contributed by atoms with van der Waals surface area (Å²) >= 11 is 0. The molecule has 4 heteroatoms. The third-order valence-electron chi connectivity index (χ3n) is 3.50. The molecule has 0 N–H and O–H groups in total. The maximum Gasteiger partial charge on any atom is 0.338 e. The number of para-hydroxylation sites is 1. The van der Waals surface area contributed by atoms with Gasteiger partial charge in [0.2, 0.25) is 0 Å². The van der Waals surface area contributed by atoms with E-state index in [-0.39, 0.29) is 5.97 Å². The normalized spacial score (nSPS) is 10.2. The van der Waals surface area contributed by atoms with Crippen LogP contribution >= 0.6 is 0 Å². The fourth-order valence-corrected chi connectivity index (χ4v) is 2.22. The lowest BCUT2D eigenvalue weighted by atomic mass is 10.2. The second-order valence-corrected chi connectivity index (χ2v) is 5.42. The lowest BCUT2D eigenvalue weighted by Gasteiger charge is -2.10. The van der Waals surface area contributed by atoms with Crippen LogP contribution in [0.2, 0.25) is 0 Å². The van der Waals surface area contributed by atoms with Crippen LogP contribution < -0.4 is 9.47 Å². The summed E-state index contributed by atoms with van der Waals surface area (Å²) in [6.07, 6.45) is 1.79. The van der Waals surface area contributed by atoms with Crippen molar-refractivity contribution in [3.63, 3.8) is 0 Å². The van der Waals surface area contributed by atoms with Gasteiger partial charge in [0.05, 0.1) is 25.4 Å². The number of benzene rings is 2. The van der Waals surface area contributed by atoms with Crippen LogP contribution in [0.4, 0.5) is 0 Å². The molecule has 2 aromatic carbocycles. The van der Waals surface area contributed by atoms with Gasteiger partial charge in [0, 0.05) is 0 Å². The molecule has 0 atom stereocenters. The third kappa shape index (κ3) is 5.61. The van der Waals surface area contributed by atoms with Gasteiger partial charge < -0.3 is 14.2 Å². The number of ether oxygens (including phenoxy) is 3. The molecule has 24 heavy (non-hydrogen) atoms. The molecule has 0 aliphatic rings. The fourth-order valence-electron chi connectivity index (χ4n) is 2.22. The Kier molecular flexibility index (Phi) is 7.15. The van der Waals surface area contributed by atoms with Crippen LogP contribution in [0.25, 0.3) is 0 Å². The van der Waals surface area contributed by atoms with Crippen LogP contribution in [0.1, 0.15) is 35.7 Å². The van der Waals surface area contributed by atoms with Crippen LogP contribution in [0.5, 0.6) is 11.5 Å². The van der Waals surface area contributed by atoms with Gasteiger partial charge in [0.15, 0.2) is 0 Å². The highest BCUT2D eigenvalue weighted by molar-refractivity contribution is 5.89. The third-order valence-corrected chi connectivity index (χ3v) is 3.50. The molecule has 0 saturated carbocycles. The number of hydrogen-bond acceptors (Lipinski definition) is 4. The number of esters is 1. The average molecular weight is 328 g/mol. The van der Waals surface area contributed by atoms with Gasteiger partial charge in [-0.3, -0.25) is 0 Å². The molecule has 0 radical (unpaired) electrons.